The van der Waals surface area contributed by atoms with Crippen molar-refractivity contribution in [1.29, 1.82) is 0 Å². The Morgan fingerprint density at radius 3 is 2.42 bits per heavy atom. The number of carbonyl (C=O) groups is 1. The lowest BCUT2D eigenvalue weighted by Gasteiger charge is -2.27. The van der Waals surface area contributed by atoms with E-state index >= 15 is 0 Å². The molecule has 0 atom stereocenters. The quantitative estimate of drug-likeness (QED) is 0.815. The van der Waals surface area contributed by atoms with Gasteiger partial charge in [-0.25, -0.2) is 0 Å². The first-order valence-electron chi connectivity index (χ1n) is 6.42. The van der Waals surface area contributed by atoms with Crippen LogP contribution >= 0.6 is 34.8 Å². The van der Waals surface area contributed by atoms with Gasteiger partial charge < -0.3 is 5.32 Å². The predicted molar refractivity (Wildman–Crippen MR) is 80.4 cm³/mol. The van der Waals surface area contributed by atoms with Crippen LogP contribution in [0.3, 0.4) is 0 Å². The molecule has 2 rings (SSSR count). The van der Waals surface area contributed by atoms with Gasteiger partial charge in [0.2, 0.25) is 0 Å². The van der Waals surface area contributed by atoms with Crippen LogP contribution in [-0.4, -0.2) is 17.8 Å². The lowest BCUT2D eigenvalue weighted by molar-refractivity contribution is 0.0923. The SMILES string of the molecule is O=C(NC1CCC(CCl)CC1)c1ccc(Cl)c(Cl)c1. The van der Waals surface area contributed by atoms with Gasteiger partial charge in [-0.05, 0) is 49.8 Å². The first kappa shape index (κ1) is 15.0. The smallest absolute Gasteiger partial charge is 0.251 e. The number of benzene rings is 1. The molecule has 5 heteroatoms. The third-order valence-corrected chi connectivity index (χ3v) is 4.76. The van der Waals surface area contributed by atoms with Crippen molar-refractivity contribution in [3.8, 4) is 0 Å². The van der Waals surface area contributed by atoms with Gasteiger partial charge in [-0.3, -0.25) is 4.79 Å². The zero-order valence-electron chi connectivity index (χ0n) is 10.5. The van der Waals surface area contributed by atoms with E-state index in [1.165, 1.54) is 0 Å². The molecule has 1 N–H and O–H groups in total. The molecule has 0 aromatic heterocycles. The van der Waals surface area contributed by atoms with Gasteiger partial charge in [-0.15, -0.1) is 11.6 Å². The monoisotopic (exact) mass is 319 g/mol. The Kier molecular flexibility index (Phi) is 5.37. The van der Waals surface area contributed by atoms with Crippen molar-refractivity contribution in [1.82, 2.24) is 5.32 Å². The molecule has 104 valence electrons. The van der Waals surface area contributed by atoms with Crippen molar-refractivity contribution < 1.29 is 4.79 Å². The van der Waals surface area contributed by atoms with E-state index in [2.05, 4.69) is 5.32 Å². The van der Waals surface area contributed by atoms with Gasteiger partial charge in [-0.2, -0.15) is 0 Å². The second kappa shape index (κ2) is 6.83. The zero-order chi connectivity index (χ0) is 13.8. The average Bonchev–Trinajstić information content (AvgIpc) is 2.42. The summed E-state index contributed by atoms with van der Waals surface area (Å²) in [6.45, 7) is 0. The molecule has 0 aliphatic heterocycles. The molecule has 0 unspecified atom stereocenters. The van der Waals surface area contributed by atoms with E-state index in [-0.39, 0.29) is 11.9 Å². The number of halogens is 3. The van der Waals surface area contributed by atoms with E-state index in [9.17, 15) is 4.79 Å². The largest absolute Gasteiger partial charge is 0.349 e. The number of rotatable bonds is 3. The maximum atomic E-state index is 12.1. The van der Waals surface area contributed by atoms with Gasteiger partial charge >= 0.3 is 0 Å². The number of amides is 1. The Bertz CT molecular complexity index is 456. The second-order valence-electron chi connectivity index (χ2n) is 4.97. The fourth-order valence-electron chi connectivity index (χ4n) is 2.37. The van der Waals surface area contributed by atoms with E-state index in [1.807, 2.05) is 0 Å². The van der Waals surface area contributed by atoms with E-state index in [0.717, 1.165) is 25.7 Å². The normalized spacial score (nSPS) is 23.1. The van der Waals surface area contributed by atoms with Crippen LogP contribution in [0.25, 0.3) is 0 Å². The lowest BCUT2D eigenvalue weighted by atomic mass is 9.87. The molecule has 0 bridgehead atoms. The van der Waals surface area contributed by atoms with Crippen LogP contribution in [0.1, 0.15) is 36.0 Å². The highest BCUT2D eigenvalue weighted by molar-refractivity contribution is 6.42. The predicted octanol–water partition coefficient (Wildman–Crippen LogP) is 4.52. The summed E-state index contributed by atoms with van der Waals surface area (Å²) in [5, 5.41) is 3.90. The highest BCUT2D eigenvalue weighted by atomic mass is 35.5. The van der Waals surface area contributed by atoms with Crippen molar-refractivity contribution in [3.63, 3.8) is 0 Å². The molecular formula is C14H16Cl3NO. The highest BCUT2D eigenvalue weighted by Crippen LogP contribution is 2.26. The molecule has 0 radical (unpaired) electrons. The fourth-order valence-corrected chi connectivity index (χ4v) is 2.97. The van der Waals surface area contributed by atoms with Gasteiger partial charge in [0.15, 0.2) is 0 Å². The van der Waals surface area contributed by atoms with Gasteiger partial charge in [0.1, 0.15) is 0 Å². The highest BCUT2D eigenvalue weighted by Gasteiger charge is 2.22. The van der Waals surface area contributed by atoms with Gasteiger partial charge in [0, 0.05) is 17.5 Å². The summed E-state index contributed by atoms with van der Waals surface area (Å²) in [7, 11) is 0. The molecule has 19 heavy (non-hydrogen) atoms. The first-order valence-corrected chi connectivity index (χ1v) is 7.71. The average molecular weight is 321 g/mol. The Morgan fingerprint density at radius 2 is 1.84 bits per heavy atom. The van der Waals surface area contributed by atoms with Crippen LogP contribution in [0.5, 0.6) is 0 Å². The van der Waals surface area contributed by atoms with Crippen molar-refractivity contribution in [3.05, 3.63) is 33.8 Å². The van der Waals surface area contributed by atoms with Crippen LogP contribution in [0.2, 0.25) is 10.0 Å². The summed E-state index contributed by atoms with van der Waals surface area (Å²) in [5.74, 6) is 1.22. The summed E-state index contributed by atoms with van der Waals surface area (Å²) in [5.41, 5.74) is 0.550. The van der Waals surface area contributed by atoms with Crippen molar-refractivity contribution >= 4 is 40.7 Å². The topological polar surface area (TPSA) is 29.1 Å². The maximum Gasteiger partial charge on any atom is 0.251 e. The molecule has 1 aliphatic rings. The molecule has 1 fully saturated rings. The van der Waals surface area contributed by atoms with E-state index in [0.29, 0.717) is 27.4 Å². The number of hydrogen-bond donors (Lipinski definition) is 1. The summed E-state index contributed by atoms with van der Waals surface area (Å²) in [4.78, 5) is 12.1. The van der Waals surface area contributed by atoms with Gasteiger partial charge in [-0.1, -0.05) is 23.2 Å². The Morgan fingerprint density at radius 1 is 1.16 bits per heavy atom. The van der Waals surface area contributed by atoms with Crippen molar-refractivity contribution in [2.24, 2.45) is 5.92 Å². The molecular weight excluding hydrogens is 305 g/mol. The van der Waals surface area contributed by atoms with Crippen molar-refractivity contribution in [2.45, 2.75) is 31.7 Å². The molecule has 1 saturated carbocycles. The molecule has 0 saturated heterocycles. The molecule has 1 aromatic rings. The van der Waals surface area contributed by atoms with Crippen LogP contribution in [0.15, 0.2) is 18.2 Å². The van der Waals surface area contributed by atoms with E-state index in [1.54, 1.807) is 18.2 Å². The standard InChI is InChI=1S/C14H16Cl3NO/c15-8-9-1-4-11(5-2-9)18-14(19)10-3-6-12(16)13(17)7-10/h3,6-7,9,11H,1-2,4-5,8H2,(H,18,19). The van der Waals surface area contributed by atoms with Crippen LogP contribution in [0, 0.1) is 5.92 Å². The Hall–Kier alpha value is -0.440. The third kappa shape index (κ3) is 4.01. The minimum absolute atomic E-state index is 0.0899. The van der Waals surface area contributed by atoms with E-state index < -0.39 is 0 Å². The van der Waals surface area contributed by atoms with Crippen LogP contribution in [-0.2, 0) is 0 Å². The number of carbonyl (C=O) groups excluding carboxylic acids is 1. The minimum Gasteiger partial charge on any atom is -0.349 e. The number of alkyl halides is 1. The summed E-state index contributed by atoms with van der Waals surface area (Å²) >= 11 is 17.6. The first-order chi connectivity index (χ1) is 9.10. The molecule has 1 aromatic carbocycles. The molecule has 0 heterocycles. The summed E-state index contributed by atoms with van der Waals surface area (Å²) < 4.78 is 0. The fraction of sp³-hybridized carbons (Fsp3) is 0.500. The summed E-state index contributed by atoms with van der Waals surface area (Å²) in [6, 6.07) is 5.17. The zero-order valence-corrected chi connectivity index (χ0v) is 12.7. The minimum atomic E-state index is -0.0899. The van der Waals surface area contributed by atoms with Gasteiger partial charge in [0.25, 0.3) is 5.91 Å². The van der Waals surface area contributed by atoms with Crippen LogP contribution in [0.4, 0.5) is 0 Å². The number of nitrogens with one attached hydrogen (secondary N) is 1. The summed E-state index contributed by atoms with van der Waals surface area (Å²) in [6.07, 6.45) is 4.14. The van der Waals surface area contributed by atoms with E-state index in [4.69, 9.17) is 34.8 Å². The second-order valence-corrected chi connectivity index (χ2v) is 6.10. The number of hydrogen-bond acceptors (Lipinski definition) is 1. The Labute approximate surface area is 128 Å². The third-order valence-electron chi connectivity index (χ3n) is 3.58. The van der Waals surface area contributed by atoms with Gasteiger partial charge in [0.05, 0.1) is 10.0 Å². The molecule has 1 aliphatic carbocycles. The van der Waals surface area contributed by atoms with Crippen molar-refractivity contribution in [2.75, 3.05) is 5.88 Å². The lowest BCUT2D eigenvalue weighted by Crippen LogP contribution is -2.37. The van der Waals surface area contributed by atoms with Crippen LogP contribution < -0.4 is 5.32 Å². The molecule has 0 spiro atoms. The molecule has 2 nitrogen and oxygen atoms in total. The molecule has 1 amide bonds. The maximum absolute atomic E-state index is 12.1. The Balaban J connectivity index is 1.92.